The Morgan fingerprint density at radius 2 is 2.15 bits per heavy atom. The summed E-state index contributed by atoms with van der Waals surface area (Å²) in [4.78, 5) is 14.6. The van der Waals surface area contributed by atoms with Gasteiger partial charge in [0.05, 0.1) is 25.4 Å². The molecule has 4 N–H and O–H groups in total. The number of aliphatic hydroxyl groups is 1. The van der Waals surface area contributed by atoms with E-state index in [4.69, 9.17) is 15.7 Å². The van der Waals surface area contributed by atoms with E-state index in [0.29, 0.717) is 26.0 Å². The molecule has 1 saturated carbocycles. The summed E-state index contributed by atoms with van der Waals surface area (Å²) < 4.78 is 5.45. The molecule has 1 amide bonds. The number of hydrogen-bond donors (Lipinski definition) is 3. The fourth-order valence-corrected chi connectivity index (χ4v) is 3.14. The van der Waals surface area contributed by atoms with Crippen LogP contribution in [0.4, 0.5) is 0 Å². The molecule has 2 aliphatic rings. The zero-order valence-electron chi connectivity index (χ0n) is 11.8. The number of carbonyl (C=O) groups is 1. The Hall–Kier alpha value is -1.34. The average Bonchev–Trinajstić information content (AvgIpc) is 2.97. The number of nitrogens with two attached hydrogens (primary N) is 1. The predicted molar refractivity (Wildman–Crippen MR) is 72.3 cm³/mol. The molecular weight excluding hydrogens is 262 g/mol. The van der Waals surface area contributed by atoms with Gasteiger partial charge in [0.1, 0.15) is 5.41 Å². The maximum atomic E-state index is 12.9. The Kier molecular flexibility index (Phi) is 4.49. The van der Waals surface area contributed by atoms with Gasteiger partial charge in [-0.25, -0.2) is 0 Å². The molecule has 2 unspecified atom stereocenters. The number of hydrogen-bond acceptors (Lipinski definition) is 5. The third-order valence-corrected chi connectivity index (χ3v) is 4.43. The largest absolute Gasteiger partial charge is 0.409 e. The lowest BCUT2D eigenvalue weighted by Gasteiger charge is -2.41. The van der Waals surface area contributed by atoms with Crippen molar-refractivity contribution in [2.45, 2.75) is 44.8 Å². The van der Waals surface area contributed by atoms with E-state index in [1.165, 1.54) is 0 Å². The first kappa shape index (κ1) is 15.1. The number of amides is 1. The van der Waals surface area contributed by atoms with Crippen LogP contribution in [0.15, 0.2) is 5.16 Å². The quantitative estimate of drug-likeness (QED) is 0.290. The third-order valence-electron chi connectivity index (χ3n) is 4.43. The molecular formula is C13H23N3O4. The normalized spacial score (nSPS) is 30.5. The molecule has 0 spiro atoms. The van der Waals surface area contributed by atoms with Gasteiger partial charge in [-0.15, -0.1) is 0 Å². The van der Waals surface area contributed by atoms with E-state index < -0.39 is 5.41 Å². The van der Waals surface area contributed by atoms with Crippen molar-refractivity contribution in [3.8, 4) is 0 Å². The molecule has 114 valence electrons. The van der Waals surface area contributed by atoms with Crippen LogP contribution in [0.3, 0.4) is 0 Å². The van der Waals surface area contributed by atoms with Gasteiger partial charge >= 0.3 is 0 Å². The van der Waals surface area contributed by atoms with Gasteiger partial charge in [-0.2, -0.15) is 0 Å². The van der Waals surface area contributed by atoms with E-state index in [-0.39, 0.29) is 30.5 Å². The summed E-state index contributed by atoms with van der Waals surface area (Å²) in [6.07, 6.45) is 2.64. The number of ether oxygens (including phenoxy) is 1. The van der Waals surface area contributed by atoms with Gasteiger partial charge < -0.3 is 25.7 Å². The van der Waals surface area contributed by atoms with Gasteiger partial charge in [0, 0.05) is 6.54 Å². The molecule has 7 heteroatoms. The highest BCUT2D eigenvalue weighted by Gasteiger charge is 2.49. The van der Waals surface area contributed by atoms with Crippen LogP contribution in [-0.2, 0) is 9.53 Å². The fourth-order valence-electron chi connectivity index (χ4n) is 3.14. The first-order chi connectivity index (χ1) is 9.55. The lowest BCUT2D eigenvalue weighted by molar-refractivity contribution is -0.153. The Morgan fingerprint density at radius 3 is 2.70 bits per heavy atom. The molecule has 0 aromatic rings. The number of rotatable bonds is 3. The maximum absolute atomic E-state index is 12.9. The summed E-state index contributed by atoms with van der Waals surface area (Å²) in [5, 5.41) is 21.3. The van der Waals surface area contributed by atoms with Crippen LogP contribution in [0, 0.1) is 5.41 Å². The minimum atomic E-state index is -0.889. The lowest BCUT2D eigenvalue weighted by atomic mass is 9.82. The molecule has 7 nitrogen and oxygen atoms in total. The summed E-state index contributed by atoms with van der Waals surface area (Å²) in [5.41, 5.74) is 4.92. The van der Waals surface area contributed by atoms with E-state index in [2.05, 4.69) is 5.16 Å². The van der Waals surface area contributed by atoms with Gasteiger partial charge in [-0.3, -0.25) is 4.79 Å². The zero-order chi connectivity index (χ0) is 14.8. The van der Waals surface area contributed by atoms with Crippen LogP contribution in [0.5, 0.6) is 0 Å². The van der Waals surface area contributed by atoms with Crippen molar-refractivity contribution in [1.29, 1.82) is 0 Å². The van der Waals surface area contributed by atoms with E-state index in [9.17, 15) is 9.90 Å². The van der Waals surface area contributed by atoms with Crippen molar-refractivity contribution >= 4 is 11.7 Å². The summed E-state index contributed by atoms with van der Waals surface area (Å²) in [6.45, 7) is 2.52. The lowest BCUT2D eigenvalue weighted by Crippen LogP contribution is -2.58. The maximum Gasteiger partial charge on any atom is 0.236 e. The summed E-state index contributed by atoms with van der Waals surface area (Å²) >= 11 is 0. The first-order valence-electron chi connectivity index (χ1n) is 7.06. The molecule has 1 aliphatic heterocycles. The molecule has 0 radical (unpaired) electrons. The summed E-state index contributed by atoms with van der Waals surface area (Å²) in [5.74, 6) is -0.112. The Bertz CT molecular complexity index is 393. The number of carbonyl (C=O) groups excluding carboxylic acids is 1. The van der Waals surface area contributed by atoms with Crippen molar-refractivity contribution in [2.24, 2.45) is 16.3 Å². The highest BCUT2D eigenvalue weighted by molar-refractivity contribution is 6.07. The molecule has 1 saturated heterocycles. The van der Waals surface area contributed by atoms with Crippen LogP contribution in [-0.4, -0.2) is 58.9 Å². The van der Waals surface area contributed by atoms with Gasteiger partial charge in [-0.05, 0) is 19.8 Å². The van der Waals surface area contributed by atoms with Crippen molar-refractivity contribution in [3.63, 3.8) is 0 Å². The third kappa shape index (κ3) is 2.47. The molecule has 2 fully saturated rings. The standard InChI is InChI=1S/C13H23N3O4/c1-9-8-20-10(7-17)6-16(9)12(18)13(11(14)15-19)4-2-3-5-13/h9-10,17,19H,2-8H2,1H3,(H2,14,15). The Morgan fingerprint density at radius 1 is 1.50 bits per heavy atom. The van der Waals surface area contributed by atoms with Crippen molar-refractivity contribution in [1.82, 2.24) is 4.90 Å². The highest BCUT2D eigenvalue weighted by atomic mass is 16.5. The molecule has 0 bridgehead atoms. The zero-order valence-corrected chi connectivity index (χ0v) is 11.8. The minimum absolute atomic E-state index is 0.000703. The average molecular weight is 285 g/mol. The van der Waals surface area contributed by atoms with Crippen molar-refractivity contribution in [3.05, 3.63) is 0 Å². The second kappa shape index (κ2) is 5.97. The van der Waals surface area contributed by atoms with Crippen molar-refractivity contribution in [2.75, 3.05) is 19.8 Å². The van der Waals surface area contributed by atoms with Crippen molar-refractivity contribution < 1.29 is 19.8 Å². The number of oxime groups is 1. The smallest absolute Gasteiger partial charge is 0.236 e. The van der Waals surface area contributed by atoms with Crippen LogP contribution in [0.25, 0.3) is 0 Å². The molecule has 2 atom stereocenters. The molecule has 0 aromatic heterocycles. The second-order valence-corrected chi connectivity index (χ2v) is 5.72. The van der Waals surface area contributed by atoms with E-state index in [0.717, 1.165) is 12.8 Å². The molecule has 20 heavy (non-hydrogen) atoms. The van der Waals surface area contributed by atoms with E-state index >= 15 is 0 Å². The molecule has 2 rings (SSSR count). The first-order valence-corrected chi connectivity index (χ1v) is 7.06. The molecule has 0 aromatic carbocycles. The van der Waals surface area contributed by atoms with Gasteiger partial charge in [0.15, 0.2) is 5.84 Å². The second-order valence-electron chi connectivity index (χ2n) is 5.72. The Balaban J connectivity index is 2.23. The number of aliphatic hydroxyl groups excluding tert-OH is 1. The van der Waals surface area contributed by atoms with Crippen LogP contribution >= 0.6 is 0 Å². The predicted octanol–water partition coefficient (Wildman–Crippen LogP) is -0.0986. The summed E-state index contributed by atoms with van der Waals surface area (Å²) in [6, 6.07) is -0.0748. The van der Waals surface area contributed by atoms with Crippen LogP contribution < -0.4 is 5.73 Å². The van der Waals surface area contributed by atoms with Gasteiger partial charge in [0.2, 0.25) is 5.91 Å². The van der Waals surface area contributed by atoms with E-state index in [1.54, 1.807) is 4.90 Å². The Labute approximate surface area is 118 Å². The minimum Gasteiger partial charge on any atom is -0.409 e. The number of amidine groups is 1. The van der Waals surface area contributed by atoms with Gasteiger partial charge in [-0.1, -0.05) is 18.0 Å². The SMILES string of the molecule is CC1COC(CO)CN1C(=O)C1(C(N)=NO)CCCC1. The fraction of sp³-hybridized carbons (Fsp3) is 0.846. The molecule has 1 aliphatic carbocycles. The molecule has 1 heterocycles. The highest BCUT2D eigenvalue weighted by Crippen LogP contribution is 2.40. The van der Waals surface area contributed by atoms with E-state index in [1.807, 2.05) is 6.92 Å². The summed E-state index contributed by atoms with van der Waals surface area (Å²) in [7, 11) is 0. The van der Waals surface area contributed by atoms with Crippen LogP contribution in [0.2, 0.25) is 0 Å². The monoisotopic (exact) mass is 285 g/mol. The topological polar surface area (TPSA) is 108 Å². The number of morpholine rings is 1. The van der Waals surface area contributed by atoms with Gasteiger partial charge in [0.25, 0.3) is 0 Å². The van der Waals surface area contributed by atoms with Crippen LogP contribution in [0.1, 0.15) is 32.6 Å². The number of nitrogens with zero attached hydrogens (tertiary/aromatic N) is 2.